The smallest absolute Gasteiger partial charge is 0.269 e. The summed E-state index contributed by atoms with van der Waals surface area (Å²) in [4.78, 5) is 18.4. The lowest BCUT2D eigenvalue weighted by molar-refractivity contribution is -0.139. The zero-order valence-electron chi connectivity index (χ0n) is 13.2. The second kappa shape index (κ2) is 7.42. The quantitative estimate of drug-likeness (QED) is 0.769. The number of nitrogen functional groups attached to an aromatic ring is 1. The van der Waals surface area contributed by atoms with Crippen LogP contribution in [-0.2, 0) is 14.3 Å². The average Bonchev–Trinajstić information content (AvgIpc) is 2.50. The van der Waals surface area contributed by atoms with Gasteiger partial charge in [-0.15, -0.1) is 0 Å². The Bertz CT molecular complexity index is 518. The van der Waals surface area contributed by atoms with Gasteiger partial charge < -0.3 is 19.9 Å². The summed E-state index contributed by atoms with van der Waals surface area (Å²) in [5.74, 6) is 1.14. The highest BCUT2D eigenvalue weighted by Crippen LogP contribution is 2.34. The maximum Gasteiger partial charge on any atom is 0.269 e. The van der Waals surface area contributed by atoms with Gasteiger partial charge in [0, 0.05) is 13.2 Å². The van der Waals surface area contributed by atoms with Gasteiger partial charge in [-0.05, 0) is 32.4 Å². The van der Waals surface area contributed by atoms with Crippen LogP contribution in [-0.4, -0.2) is 43.0 Å². The molecule has 0 radical (unpaired) electrons. The molecule has 1 aliphatic heterocycles. The minimum absolute atomic E-state index is 0.155. The fraction of sp³-hybridized carbons (Fsp3) is 0.600. The van der Waals surface area contributed by atoms with E-state index in [1.807, 2.05) is 20.8 Å². The van der Waals surface area contributed by atoms with Crippen LogP contribution in [0.25, 0.3) is 0 Å². The van der Waals surface area contributed by atoms with Gasteiger partial charge in [-0.1, -0.05) is 6.92 Å². The molecule has 1 atom stereocenters. The summed E-state index contributed by atoms with van der Waals surface area (Å²) in [5, 5.41) is 0. The Kier molecular flexibility index (Phi) is 5.57. The average molecular weight is 309 g/mol. The summed E-state index contributed by atoms with van der Waals surface area (Å²) in [6, 6.07) is 3.39. The monoisotopic (exact) mass is 309 g/mol. The molecule has 7 nitrogen and oxygen atoms in total. The van der Waals surface area contributed by atoms with Gasteiger partial charge >= 0.3 is 0 Å². The molecule has 0 bridgehead atoms. The Morgan fingerprint density at radius 3 is 2.59 bits per heavy atom. The van der Waals surface area contributed by atoms with Crippen LogP contribution in [0.2, 0.25) is 0 Å². The van der Waals surface area contributed by atoms with Gasteiger partial charge in [0.15, 0.2) is 24.0 Å². The van der Waals surface area contributed by atoms with Gasteiger partial charge in [-0.25, -0.2) is 4.98 Å². The molecule has 1 unspecified atom stereocenters. The Balaban J connectivity index is 2.30. The number of hydrogen-bond acceptors (Lipinski definition) is 6. The van der Waals surface area contributed by atoms with Crippen LogP contribution in [0.1, 0.15) is 27.2 Å². The Morgan fingerprint density at radius 1 is 1.32 bits per heavy atom. The van der Waals surface area contributed by atoms with Crippen molar-refractivity contribution < 1.29 is 19.0 Å². The largest absolute Gasteiger partial charge is 0.477 e. The molecular formula is C15H23N3O4. The van der Waals surface area contributed by atoms with E-state index in [0.717, 1.165) is 0 Å². The lowest BCUT2D eigenvalue weighted by Crippen LogP contribution is -2.49. The van der Waals surface area contributed by atoms with E-state index in [1.54, 1.807) is 17.0 Å². The van der Waals surface area contributed by atoms with E-state index in [2.05, 4.69) is 4.98 Å². The van der Waals surface area contributed by atoms with E-state index >= 15 is 0 Å². The van der Waals surface area contributed by atoms with Crippen molar-refractivity contribution >= 4 is 17.5 Å². The Morgan fingerprint density at radius 2 is 2.00 bits per heavy atom. The van der Waals surface area contributed by atoms with E-state index in [-0.39, 0.29) is 12.5 Å². The lowest BCUT2D eigenvalue weighted by atomic mass is 10.2. The van der Waals surface area contributed by atoms with Gasteiger partial charge in [0.2, 0.25) is 0 Å². The number of nitrogens with two attached hydrogens (primary N) is 1. The Hall–Kier alpha value is -1.86. The van der Waals surface area contributed by atoms with Crippen LogP contribution in [0.5, 0.6) is 5.75 Å². The summed E-state index contributed by atoms with van der Waals surface area (Å²) in [5.41, 5.74) is 5.74. The molecule has 1 amide bonds. The number of ether oxygens (including phenoxy) is 3. The first-order valence-corrected chi connectivity index (χ1v) is 7.58. The summed E-state index contributed by atoms with van der Waals surface area (Å²) in [6.45, 7) is 6.91. The maximum atomic E-state index is 12.6. The van der Waals surface area contributed by atoms with Crippen molar-refractivity contribution in [3.05, 3.63) is 12.1 Å². The van der Waals surface area contributed by atoms with E-state index in [4.69, 9.17) is 19.9 Å². The summed E-state index contributed by atoms with van der Waals surface area (Å²) in [7, 11) is 0. The first-order chi connectivity index (χ1) is 10.6. The molecule has 0 fully saturated rings. The van der Waals surface area contributed by atoms with Crippen molar-refractivity contribution in [1.82, 2.24) is 4.98 Å². The highest BCUT2D eigenvalue weighted by atomic mass is 16.7. The third-order valence-electron chi connectivity index (χ3n) is 3.33. The minimum atomic E-state index is -0.526. The molecule has 0 aliphatic carbocycles. The number of pyridine rings is 1. The number of anilines is 2. The number of aromatic nitrogens is 1. The van der Waals surface area contributed by atoms with E-state index < -0.39 is 12.4 Å². The minimum Gasteiger partial charge on any atom is -0.477 e. The van der Waals surface area contributed by atoms with E-state index in [0.29, 0.717) is 37.0 Å². The molecule has 22 heavy (non-hydrogen) atoms. The van der Waals surface area contributed by atoms with Crippen LogP contribution >= 0.6 is 0 Å². The fourth-order valence-electron chi connectivity index (χ4n) is 2.33. The summed E-state index contributed by atoms with van der Waals surface area (Å²) >= 11 is 0. The molecule has 7 heteroatoms. The topological polar surface area (TPSA) is 86.9 Å². The number of hydrogen-bond donors (Lipinski definition) is 1. The zero-order valence-corrected chi connectivity index (χ0v) is 13.2. The molecule has 0 saturated heterocycles. The molecular weight excluding hydrogens is 286 g/mol. The van der Waals surface area contributed by atoms with Gasteiger partial charge in [0.25, 0.3) is 5.91 Å². The zero-order chi connectivity index (χ0) is 16.1. The standard InChI is InChI=1S/C15H23N3O4/c1-4-10-15(19)18(9-13(20-5-2)21-6-3)14-11(22-10)7-8-12(16)17-14/h7-8,10,13H,4-6,9H2,1-3H3,(H2,16,17). The van der Waals surface area contributed by atoms with Crippen LogP contribution in [0, 0.1) is 0 Å². The molecule has 0 aromatic carbocycles. The second-order valence-electron chi connectivity index (χ2n) is 4.86. The van der Waals surface area contributed by atoms with Gasteiger partial charge in [0.1, 0.15) is 5.82 Å². The van der Waals surface area contributed by atoms with Crippen LogP contribution in [0.3, 0.4) is 0 Å². The van der Waals surface area contributed by atoms with Crippen molar-refractivity contribution in [1.29, 1.82) is 0 Å². The normalized spacial score (nSPS) is 17.5. The third kappa shape index (κ3) is 3.48. The molecule has 122 valence electrons. The molecule has 0 saturated carbocycles. The van der Waals surface area contributed by atoms with Crippen molar-refractivity contribution in [2.75, 3.05) is 30.4 Å². The molecule has 0 spiro atoms. The van der Waals surface area contributed by atoms with Gasteiger partial charge in [0.05, 0.1) is 6.54 Å². The molecule has 1 aromatic rings. The van der Waals surface area contributed by atoms with Crippen molar-refractivity contribution in [3.8, 4) is 5.75 Å². The fourth-order valence-corrected chi connectivity index (χ4v) is 2.33. The number of carbonyl (C=O) groups excluding carboxylic acids is 1. The van der Waals surface area contributed by atoms with E-state index in [1.165, 1.54) is 0 Å². The molecule has 2 rings (SSSR count). The predicted octanol–water partition coefficient (Wildman–Crippen LogP) is 1.57. The van der Waals surface area contributed by atoms with Gasteiger partial charge in [-0.2, -0.15) is 0 Å². The SMILES string of the molecule is CCOC(CN1C(=O)C(CC)Oc2ccc(N)nc21)OCC. The lowest BCUT2D eigenvalue weighted by Gasteiger charge is -2.34. The first-order valence-electron chi connectivity index (χ1n) is 7.58. The summed E-state index contributed by atoms with van der Waals surface area (Å²) < 4.78 is 16.8. The van der Waals surface area contributed by atoms with Crippen molar-refractivity contribution in [2.45, 2.75) is 39.6 Å². The number of carbonyl (C=O) groups is 1. The number of nitrogens with zero attached hydrogens (tertiary/aromatic N) is 2. The predicted molar refractivity (Wildman–Crippen MR) is 82.7 cm³/mol. The molecule has 2 N–H and O–H groups in total. The Labute approximate surface area is 130 Å². The van der Waals surface area contributed by atoms with Crippen LogP contribution < -0.4 is 15.4 Å². The highest BCUT2D eigenvalue weighted by molar-refractivity contribution is 5.99. The maximum absolute atomic E-state index is 12.6. The number of fused-ring (bicyclic) bond motifs is 1. The molecule has 2 heterocycles. The highest BCUT2D eigenvalue weighted by Gasteiger charge is 2.36. The van der Waals surface area contributed by atoms with Crippen LogP contribution in [0.4, 0.5) is 11.6 Å². The molecule has 1 aliphatic rings. The van der Waals surface area contributed by atoms with Gasteiger partial charge in [-0.3, -0.25) is 9.69 Å². The first kappa shape index (κ1) is 16.5. The number of rotatable bonds is 7. The second-order valence-corrected chi connectivity index (χ2v) is 4.86. The third-order valence-corrected chi connectivity index (χ3v) is 3.33. The van der Waals surface area contributed by atoms with Crippen LogP contribution in [0.15, 0.2) is 12.1 Å². The van der Waals surface area contributed by atoms with Crippen molar-refractivity contribution in [2.24, 2.45) is 0 Å². The number of amides is 1. The van der Waals surface area contributed by atoms with E-state index in [9.17, 15) is 4.79 Å². The van der Waals surface area contributed by atoms with Crippen molar-refractivity contribution in [3.63, 3.8) is 0 Å². The summed E-state index contributed by atoms with van der Waals surface area (Å²) in [6.07, 6.45) is -0.458. The molecule has 1 aromatic heterocycles.